The number of carbonyl (C=O) groups is 2. The highest BCUT2D eigenvalue weighted by molar-refractivity contribution is 7.92. The summed E-state index contributed by atoms with van der Waals surface area (Å²) >= 11 is 12.3. The summed E-state index contributed by atoms with van der Waals surface area (Å²) in [4.78, 5) is 38.4. The van der Waals surface area contributed by atoms with Gasteiger partial charge < -0.3 is 15.0 Å². The second-order valence-electron chi connectivity index (χ2n) is 8.96. The van der Waals surface area contributed by atoms with Crippen molar-refractivity contribution in [2.24, 2.45) is 5.92 Å². The van der Waals surface area contributed by atoms with E-state index in [9.17, 15) is 28.1 Å². The van der Waals surface area contributed by atoms with Gasteiger partial charge in [-0.3, -0.25) is 24.0 Å². The van der Waals surface area contributed by atoms with Gasteiger partial charge in [-0.15, -0.1) is 0 Å². The van der Waals surface area contributed by atoms with Crippen molar-refractivity contribution in [1.82, 2.24) is 10.2 Å². The molecule has 38 heavy (non-hydrogen) atoms. The van der Waals surface area contributed by atoms with E-state index in [4.69, 9.17) is 27.9 Å². The van der Waals surface area contributed by atoms with Gasteiger partial charge in [0, 0.05) is 35.3 Å². The van der Waals surface area contributed by atoms with Crippen LogP contribution in [-0.4, -0.2) is 62.6 Å². The molecular weight excluding hydrogens is 559 g/mol. The first-order valence-corrected chi connectivity index (χ1v) is 14.1. The third-order valence-corrected chi connectivity index (χ3v) is 7.24. The summed E-state index contributed by atoms with van der Waals surface area (Å²) < 4.78 is 31.5. The van der Waals surface area contributed by atoms with Crippen molar-refractivity contribution in [3.63, 3.8) is 0 Å². The first kappa shape index (κ1) is 31.1. The molecule has 14 heteroatoms. The second kappa shape index (κ2) is 13.1. The molecule has 0 aliphatic heterocycles. The van der Waals surface area contributed by atoms with Crippen LogP contribution >= 0.6 is 23.2 Å². The van der Waals surface area contributed by atoms with Crippen LogP contribution in [0.4, 0.5) is 11.4 Å². The Labute approximate surface area is 231 Å². The van der Waals surface area contributed by atoms with Crippen LogP contribution < -0.4 is 14.4 Å². The van der Waals surface area contributed by atoms with E-state index < -0.39 is 45.0 Å². The molecule has 1 N–H and O–H groups in total. The highest BCUT2D eigenvalue weighted by Crippen LogP contribution is 2.34. The summed E-state index contributed by atoms with van der Waals surface area (Å²) in [5, 5.41) is 14.7. The first-order valence-electron chi connectivity index (χ1n) is 11.5. The Kier molecular flexibility index (Phi) is 10.7. The molecule has 1 unspecified atom stereocenters. The number of carbonyl (C=O) groups excluding carboxylic acids is 2. The number of non-ortho nitro benzene ring substituents is 1. The number of rotatable bonds is 12. The van der Waals surface area contributed by atoms with Crippen molar-refractivity contribution in [1.29, 1.82) is 0 Å². The molecule has 0 aliphatic carbocycles. The number of benzene rings is 2. The SMILES string of the molecule is COc1ccc([N+](=O)[O-])cc1N(CC(=O)N(Cc1ccc(Cl)cc1Cl)C(C)C(=O)NCC(C)C)S(C)(=O)=O. The van der Waals surface area contributed by atoms with Crippen molar-refractivity contribution in [3.8, 4) is 5.75 Å². The van der Waals surface area contributed by atoms with E-state index in [2.05, 4.69) is 5.32 Å². The number of anilines is 1. The number of nitrogens with one attached hydrogen (secondary N) is 1. The maximum absolute atomic E-state index is 13.7. The van der Waals surface area contributed by atoms with E-state index in [0.717, 1.165) is 18.4 Å². The van der Waals surface area contributed by atoms with Gasteiger partial charge in [0.1, 0.15) is 24.0 Å². The van der Waals surface area contributed by atoms with E-state index in [0.29, 0.717) is 21.4 Å². The van der Waals surface area contributed by atoms with Gasteiger partial charge in [-0.05, 0) is 36.6 Å². The number of halogens is 2. The van der Waals surface area contributed by atoms with Gasteiger partial charge in [-0.2, -0.15) is 0 Å². The van der Waals surface area contributed by atoms with Gasteiger partial charge in [0.05, 0.1) is 18.3 Å². The number of methoxy groups -OCH3 is 1. The molecule has 0 saturated heterocycles. The Morgan fingerprint density at radius 3 is 2.32 bits per heavy atom. The summed E-state index contributed by atoms with van der Waals surface area (Å²) in [6, 6.07) is 7.05. The van der Waals surface area contributed by atoms with Crippen molar-refractivity contribution in [2.45, 2.75) is 33.4 Å². The average molecular weight is 589 g/mol. The summed E-state index contributed by atoms with van der Waals surface area (Å²) in [7, 11) is -2.87. The zero-order chi connectivity index (χ0) is 28.8. The quantitative estimate of drug-likeness (QED) is 0.293. The van der Waals surface area contributed by atoms with Crippen molar-refractivity contribution in [3.05, 3.63) is 62.1 Å². The standard InChI is InChI=1S/C24H30Cl2N4O7S/c1-15(2)12-27-24(32)16(3)28(13-17-6-7-18(25)10-20(17)26)23(31)14-29(38(5,35)36)21-11-19(30(33)34)8-9-22(21)37-4/h6-11,15-16H,12-14H2,1-5H3,(H,27,32). The minimum Gasteiger partial charge on any atom is -0.495 e. The van der Waals surface area contributed by atoms with E-state index >= 15 is 0 Å². The third kappa shape index (κ3) is 8.20. The van der Waals surface area contributed by atoms with Crippen LogP contribution in [0, 0.1) is 16.0 Å². The monoisotopic (exact) mass is 588 g/mol. The topological polar surface area (TPSA) is 139 Å². The van der Waals surface area contributed by atoms with E-state index in [1.807, 2.05) is 13.8 Å². The van der Waals surface area contributed by atoms with Crippen LogP contribution in [0.2, 0.25) is 10.0 Å². The molecule has 0 saturated carbocycles. The van der Waals surface area contributed by atoms with Crippen molar-refractivity contribution >= 4 is 56.4 Å². The fourth-order valence-electron chi connectivity index (χ4n) is 3.45. The van der Waals surface area contributed by atoms with Gasteiger partial charge in [0.25, 0.3) is 5.69 Å². The molecule has 2 aromatic rings. The number of nitro benzene ring substituents is 1. The second-order valence-corrected chi connectivity index (χ2v) is 11.7. The normalized spacial score (nSPS) is 12.1. The Morgan fingerprint density at radius 1 is 1.13 bits per heavy atom. The van der Waals surface area contributed by atoms with Gasteiger partial charge in [-0.1, -0.05) is 43.1 Å². The minimum absolute atomic E-state index is 0.00356. The summed E-state index contributed by atoms with van der Waals surface area (Å²) in [6.45, 7) is 4.82. The Bertz CT molecular complexity index is 1300. The summed E-state index contributed by atoms with van der Waals surface area (Å²) in [5.41, 5.74) is -0.112. The molecule has 0 fully saturated rings. The third-order valence-electron chi connectivity index (χ3n) is 5.53. The highest BCUT2D eigenvalue weighted by Gasteiger charge is 2.32. The zero-order valence-electron chi connectivity index (χ0n) is 21.6. The van der Waals surface area contributed by atoms with Gasteiger partial charge >= 0.3 is 0 Å². The Balaban J connectivity index is 2.53. The van der Waals surface area contributed by atoms with E-state index in [1.165, 1.54) is 31.1 Å². The molecule has 208 valence electrons. The molecule has 0 bridgehead atoms. The van der Waals surface area contributed by atoms with Crippen molar-refractivity contribution < 1.29 is 27.7 Å². The predicted octanol–water partition coefficient (Wildman–Crippen LogP) is 3.87. The lowest BCUT2D eigenvalue weighted by atomic mass is 10.1. The number of hydrogen-bond acceptors (Lipinski definition) is 7. The number of hydrogen-bond donors (Lipinski definition) is 1. The lowest BCUT2D eigenvalue weighted by molar-refractivity contribution is -0.384. The molecule has 0 aliphatic rings. The number of nitrogens with zero attached hydrogens (tertiary/aromatic N) is 3. The Morgan fingerprint density at radius 2 is 1.79 bits per heavy atom. The van der Waals surface area contributed by atoms with E-state index in [-0.39, 0.29) is 28.9 Å². The molecule has 2 aromatic carbocycles. The molecule has 11 nitrogen and oxygen atoms in total. The average Bonchev–Trinajstić information content (AvgIpc) is 2.83. The number of amides is 2. The van der Waals surface area contributed by atoms with Crippen LogP contribution in [0.25, 0.3) is 0 Å². The van der Waals surface area contributed by atoms with Crippen LogP contribution in [-0.2, 0) is 26.2 Å². The molecule has 0 spiro atoms. The van der Waals surface area contributed by atoms with Gasteiger partial charge in [0.2, 0.25) is 21.8 Å². The molecule has 1 atom stereocenters. The maximum Gasteiger partial charge on any atom is 0.271 e. The zero-order valence-corrected chi connectivity index (χ0v) is 23.9. The number of ether oxygens (including phenoxy) is 1. The smallest absolute Gasteiger partial charge is 0.271 e. The molecule has 0 heterocycles. The molecular formula is C24H30Cl2N4O7S. The predicted molar refractivity (Wildman–Crippen MR) is 146 cm³/mol. The fourth-order valence-corrected chi connectivity index (χ4v) is 4.76. The molecule has 0 aromatic heterocycles. The number of nitro groups is 1. The first-order chi connectivity index (χ1) is 17.6. The minimum atomic E-state index is -4.14. The summed E-state index contributed by atoms with van der Waals surface area (Å²) in [5.74, 6) is -1.04. The molecule has 2 rings (SSSR count). The van der Waals surface area contributed by atoms with Gasteiger partial charge in [0.15, 0.2) is 0 Å². The molecule has 2 amide bonds. The highest BCUT2D eigenvalue weighted by atomic mass is 35.5. The van der Waals surface area contributed by atoms with Crippen LogP contribution in [0.15, 0.2) is 36.4 Å². The van der Waals surface area contributed by atoms with Gasteiger partial charge in [-0.25, -0.2) is 8.42 Å². The Hall–Kier alpha value is -3.09. The molecule has 0 radical (unpaired) electrons. The number of sulfonamides is 1. The lowest BCUT2D eigenvalue weighted by Crippen LogP contribution is -2.51. The van der Waals surface area contributed by atoms with Crippen LogP contribution in [0.5, 0.6) is 5.75 Å². The largest absolute Gasteiger partial charge is 0.495 e. The lowest BCUT2D eigenvalue weighted by Gasteiger charge is -2.32. The van der Waals surface area contributed by atoms with Crippen molar-refractivity contribution in [2.75, 3.05) is 30.8 Å². The van der Waals surface area contributed by atoms with Crippen LogP contribution in [0.3, 0.4) is 0 Å². The summed E-state index contributed by atoms with van der Waals surface area (Å²) in [6.07, 6.45) is 0.859. The van der Waals surface area contributed by atoms with Crippen LogP contribution in [0.1, 0.15) is 26.3 Å². The fraction of sp³-hybridized carbons (Fsp3) is 0.417. The maximum atomic E-state index is 13.7. The van der Waals surface area contributed by atoms with E-state index in [1.54, 1.807) is 12.1 Å².